The van der Waals surface area contributed by atoms with E-state index in [0.29, 0.717) is 22.8 Å². The van der Waals surface area contributed by atoms with Gasteiger partial charge >= 0.3 is 12.1 Å². The molecule has 0 aromatic carbocycles. The van der Waals surface area contributed by atoms with Gasteiger partial charge in [-0.15, -0.1) is 11.3 Å². The van der Waals surface area contributed by atoms with Gasteiger partial charge < -0.3 is 10.4 Å². The van der Waals surface area contributed by atoms with E-state index in [1.807, 2.05) is 13.8 Å². The van der Waals surface area contributed by atoms with Gasteiger partial charge in [-0.25, -0.2) is 4.98 Å². The molecule has 4 nitrogen and oxygen atoms in total. The molecule has 0 radical (unpaired) electrons. The van der Waals surface area contributed by atoms with E-state index >= 15 is 0 Å². The Morgan fingerprint density at radius 2 is 2.15 bits per heavy atom. The van der Waals surface area contributed by atoms with Gasteiger partial charge in [-0.1, -0.05) is 13.8 Å². The number of alkyl halides is 3. The summed E-state index contributed by atoms with van der Waals surface area (Å²) >= 11 is 0.568. The lowest BCUT2D eigenvalue weighted by Gasteiger charge is -2.14. The average molecular weight is 310 g/mol. The maximum absolute atomic E-state index is 12.4. The summed E-state index contributed by atoms with van der Waals surface area (Å²) in [7, 11) is 0. The quantitative estimate of drug-likeness (QED) is 0.813. The van der Waals surface area contributed by atoms with E-state index < -0.39 is 22.9 Å². The molecule has 0 aliphatic heterocycles. The van der Waals surface area contributed by atoms with Crippen LogP contribution in [0, 0.1) is 11.8 Å². The third-order valence-corrected chi connectivity index (χ3v) is 3.65. The zero-order valence-corrected chi connectivity index (χ0v) is 12.0. The number of aliphatic carboxylic acids is 1. The summed E-state index contributed by atoms with van der Waals surface area (Å²) in [5.41, 5.74) is 0. The van der Waals surface area contributed by atoms with Crippen molar-refractivity contribution in [1.82, 2.24) is 10.3 Å². The molecule has 1 aromatic rings. The Kier molecular flexibility index (Phi) is 5.94. The number of halogens is 3. The number of nitrogens with one attached hydrogen (secondary N) is 1. The van der Waals surface area contributed by atoms with Crippen molar-refractivity contribution in [3.63, 3.8) is 0 Å². The Morgan fingerprint density at radius 1 is 1.50 bits per heavy atom. The van der Waals surface area contributed by atoms with Crippen molar-refractivity contribution in [3.8, 4) is 0 Å². The minimum absolute atomic E-state index is 0.141. The lowest BCUT2D eigenvalue weighted by Crippen LogP contribution is -2.29. The van der Waals surface area contributed by atoms with Gasteiger partial charge in [0, 0.05) is 13.1 Å². The number of rotatable bonds is 7. The third-order valence-electron chi connectivity index (χ3n) is 2.61. The van der Waals surface area contributed by atoms with E-state index in [2.05, 4.69) is 10.3 Å². The molecule has 0 saturated carbocycles. The van der Waals surface area contributed by atoms with Crippen molar-refractivity contribution in [2.24, 2.45) is 11.8 Å². The number of hydrogen-bond acceptors (Lipinski definition) is 4. The summed E-state index contributed by atoms with van der Waals surface area (Å²) in [5, 5.41) is 12.2. The van der Waals surface area contributed by atoms with E-state index in [1.54, 1.807) is 0 Å². The summed E-state index contributed by atoms with van der Waals surface area (Å²) in [6.07, 6.45) is -3.06. The lowest BCUT2D eigenvalue weighted by atomic mass is 9.97. The second kappa shape index (κ2) is 7.03. The number of thiazole rings is 1. The fourth-order valence-electron chi connectivity index (χ4n) is 1.72. The predicted octanol–water partition coefficient (Wildman–Crippen LogP) is 3.00. The van der Waals surface area contributed by atoms with Crippen LogP contribution in [0.3, 0.4) is 0 Å². The van der Waals surface area contributed by atoms with Gasteiger partial charge in [0.15, 0.2) is 0 Å². The van der Waals surface area contributed by atoms with Crippen LogP contribution in [0.2, 0.25) is 0 Å². The zero-order chi connectivity index (χ0) is 15.3. The van der Waals surface area contributed by atoms with Crippen LogP contribution in [0.1, 0.15) is 30.2 Å². The second-order valence-electron chi connectivity index (χ2n) is 4.91. The zero-order valence-electron chi connectivity index (χ0n) is 11.2. The fraction of sp³-hybridized carbons (Fsp3) is 0.667. The van der Waals surface area contributed by atoms with E-state index in [9.17, 15) is 18.0 Å². The van der Waals surface area contributed by atoms with Crippen molar-refractivity contribution in [2.45, 2.75) is 33.0 Å². The molecule has 0 aliphatic carbocycles. The molecular formula is C12H17F3N2O2S. The highest BCUT2D eigenvalue weighted by Gasteiger charge is 2.33. The normalized spacial score (nSPS) is 13.7. The molecule has 1 aromatic heterocycles. The number of carboxylic acids is 1. The molecule has 0 amide bonds. The second-order valence-corrected chi connectivity index (χ2v) is 6.03. The first-order valence-electron chi connectivity index (χ1n) is 6.15. The third kappa shape index (κ3) is 5.46. The summed E-state index contributed by atoms with van der Waals surface area (Å²) < 4.78 is 37.1. The van der Waals surface area contributed by atoms with Crippen LogP contribution in [-0.4, -0.2) is 22.6 Å². The maximum Gasteiger partial charge on any atom is 0.427 e. The van der Waals surface area contributed by atoms with E-state index in [4.69, 9.17) is 5.11 Å². The molecule has 1 atom stereocenters. The Labute approximate surface area is 119 Å². The molecule has 8 heteroatoms. The fourth-order valence-corrected chi connectivity index (χ4v) is 2.47. The minimum atomic E-state index is -4.38. The minimum Gasteiger partial charge on any atom is -0.481 e. The van der Waals surface area contributed by atoms with E-state index in [1.165, 1.54) is 0 Å². The summed E-state index contributed by atoms with van der Waals surface area (Å²) in [6.45, 7) is 4.20. The lowest BCUT2D eigenvalue weighted by molar-refractivity contribution is -0.142. The smallest absolute Gasteiger partial charge is 0.427 e. The Morgan fingerprint density at radius 3 is 2.60 bits per heavy atom. The molecule has 0 aliphatic rings. The molecule has 20 heavy (non-hydrogen) atoms. The van der Waals surface area contributed by atoms with Crippen LogP contribution in [0.25, 0.3) is 0 Å². The van der Waals surface area contributed by atoms with Gasteiger partial charge in [-0.2, -0.15) is 13.2 Å². The number of carbonyl (C=O) groups is 1. The first kappa shape index (κ1) is 16.9. The molecule has 0 spiro atoms. The molecule has 2 N–H and O–H groups in total. The molecule has 114 valence electrons. The first-order chi connectivity index (χ1) is 9.20. The standard InChI is InChI=1S/C12H17F3N2O2S/c1-7(2)3-8(11(18)19)4-16-6-10-17-5-9(20-10)12(13,14)15/h5,7-8,16H,3-4,6H2,1-2H3,(H,18,19). The summed E-state index contributed by atoms with van der Waals surface area (Å²) in [6, 6.07) is 0. The molecule has 0 bridgehead atoms. The van der Waals surface area contributed by atoms with Crippen LogP contribution in [0.4, 0.5) is 13.2 Å². The largest absolute Gasteiger partial charge is 0.481 e. The molecule has 1 unspecified atom stereocenters. The van der Waals surface area contributed by atoms with Crippen molar-refractivity contribution in [3.05, 3.63) is 16.1 Å². The van der Waals surface area contributed by atoms with Crippen molar-refractivity contribution in [2.75, 3.05) is 6.54 Å². The van der Waals surface area contributed by atoms with Crippen molar-refractivity contribution < 1.29 is 23.1 Å². The average Bonchev–Trinajstić information content (AvgIpc) is 2.75. The van der Waals surface area contributed by atoms with Crippen molar-refractivity contribution >= 4 is 17.3 Å². The molecule has 0 saturated heterocycles. The van der Waals surface area contributed by atoms with Gasteiger partial charge in [0.05, 0.1) is 12.1 Å². The molecular weight excluding hydrogens is 293 g/mol. The van der Waals surface area contributed by atoms with Gasteiger partial charge in [0.25, 0.3) is 0 Å². The molecule has 0 fully saturated rings. The van der Waals surface area contributed by atoms with Gasteiger partial charge in [0.2, 0.25) is 0 Å². The highest BCUT2D eigenvalue weighted by atomic mass is 32.1. The first-order valence-corrected chi connectivity index (χ1v) is 6.97. The topological polar surface area (TPSA) is 62.2 Å². The monoisotopic (exact) mass is 310 g/mol. The number of carboxylic acid groups (broad SMARTS) is 1. The number of aromatic nitrogens is 1. The van der Waals surface area contributed by atoms with E-state index in [0.717, 1.165) is 6.20 Å². The van der Waals surface area contributed by atoms with Gasteiger partial charge in [0.1, 0.15) is 9.88 Å². The Hall–Kier alpha value is -1.15. The van der Waals surface area contributed by atoms with E-state index in [-0.39, 0.29) is 19.0 Å². The van der Waals surface area contributed by atoms with Crippen LogP contribution in [0.15, 0.2) is 6.20 Å². The van der Waals surface area contributed by atoms with Crippen molar-refractivity contribution in [1.29, 1.82) is 0 Å². The highest BCUT2D eigenvalue weighted by Crippen LogP contribution is 2.33. The highest BCUT2D eigenvalue weighted by molar-refractivity contribution is 7.11. The maximum atomic E-state index is 12.4. The predicted molar refractivity (Wildman–Crippen MR) is 69.4 cm³/mol. The Balaban J connectivity index is 2.47. The summed E-state index contributed by atoms with van der Waals surface area (Å²) in [5.74, 6) is -1.20. The molecule has 1 rings (SSSR count). The van der Waals surface area contributed by atoms with Crippen LogP contribution < -0.4 is 5.32 Å². The van der Waals surface area contributed by atoms with Crippen LogP contribution in [-0.2, 0) is 17.5 Å². The van der Waals surface area contributed by atoms with Gasteiger partial charge in [-0.05, 0) is 12.3 Å². The SMILES string of the molecule is CC(C)CC(CNCc1ncc(C(F)(F)F)s1)C(=O)O. The van der Waals surface area contributed by atoms with Crippen LogP contribution in [0.5, 0.6) is 0 Å². The Bertz CT molecular complexity index is 446. The molecule has 1 heterocycles. The van der Waals surface area contributed by atoms with Gasteiger partial charge in [-0.3, -0.25) is 4.79 Å². The number of hydrogen-bond donors (Lipinski definition) is 2. The van der Waals surface area contributed by atoms with Crippen LogP contribution >= 0.6 is 11.3 Å². The summed E-state index contributed by atoms with van der Waals surface area (Å²) in [4.78, 5) is 13.9. The number of nitrogens with zero attached hydrogens (tertiary/aromatic N) is 1.